The summed E-state index contributed by atoms with van der Waals surface area (Å²) < 4.78 is 5.58. The first-order valence-electron chi connectivity index (χ1n) is 5.44. The SMILES string of the molecule is N#Cc1cccc(COc2ccc(CCl)nc2)c1. The maximum Gasteiger partial charge on any atom is 0.138 e. The monoisotopic (exact) mass is 258 g/mol. The van der Waals surface area contributed by atoms with Gasteiger partial charge < -0.3 is 4.74 Å². The summed E-state index contributed by atoms with van der Waals surface area (Å²) in [6.07, 6.45) is 1.64. The van der Waals surface area contributed by atoms with E-state index in [4.69, 9.17) is 21.6 Å². The molecule has 0 amide bonds. The largest absolute Gasteiger partial charge is 0.487 e. The van der Waals surface area contributed by atoms with E-state index in [1.807, 2.05) is 24.3 Å². The number of rotatable bonds is 4. The third kappa shape index (κ3) is 3.22. The van der Waals surface area contributed by atoms with Crippen LogP contribution in [0, 0.1) is 11.3 Å². The lowest BCUT2D eigenvalue weighted by molar-refractivity contribution is 0.305. The Morgan fingerprint density at radius 1 is 1.28 bits per heavy atom. The van der Waals surface area contributed by atoms with E-state index < -0.39 is 0 Å². The quantitative estimate of drug-likeness (QED) is 0.791. The summed E-state index contributed by atoms with van der Waals surface area (Å²) >= 11 is 5.65. The van der Waals surface area contributed by atoms with Crippen LogP contribution in [0.5, 0.6) is 5.75 Å². The molecule has 90 valence electrons. The van der Waals surface area contributed by atoms with Crippen molar-refractivity contribution >= 4 is 11.6 Å². The van der Waals surface area contributed by atoms with E-state index in [2.05, 4.69) is 11.1 Å². The molecular formula is C14H11ClN2O. The van der Waals surface area contributed by atoms with Gasteiger partial charge in [0.25, 0.3) is 0 Å². The van der Waals surface area contributed by atoms with Crippen LogP contribution in [0.15, 0.2) is 42.6 Å². The zero-order valence-corrected chi connectivity index (χ0v) is 10.4. The van der Waals surface area contributed by atoms with E-state index in [-0.39, 0.29) is 0 Å². The van der Waals surface area contributed by atoms with Crippen LogP contribution in [-0.2, 0) is 12.5 Å². The first-order valence-corrected chi connectivity index (χ1v) is 5.98. The van der Waals surface area contributed by atoms with Gasteiger partial charge in [-0.25, -0.2) is 0 Å². The van der Waals surface area contributed by atoms with E-state index >= 15 is 0 Å². The van der Waals surface area contributed by atoms with Gasteiger partial charge in [-0.3, -0.25) is 4.98 Å². The van der Waals surface area contributed by atoms with Crippen LogP contribution in [0.2, 0.25) is 0 Å². The number of nitrogens with zero attached hydrogens (tertiary/aromatic N) is 2. The molecule has 0 spiro atoms. The minimum Gasteiger partial charge on any atom is -0.487 e. The number of ether oxygens (including phenoxy) is 1. The lowest BCUT2D eigenvalue weighted by Gasteiger charge is -2.06. The molecule has 0 saturated heterocycles. The first kappa shape index (κ1) is 12.4. The number of hydrogen-bond donors (Lipinski definition) is 0. The topological polar surface area (TPSA) is 45.9 Å². The van der Waals surface area contributed by atoms with Crippen LogP contribution in [0.1, 0.15) is 16.8 Å². The Balaban J connectivity index is 2.00. The Morgan fingerprint density at radius 3 is 2.83 bits per heavy atom. The van der Waals surface area contributed by atoms with E-state index in [1.165, 1.54) is 0 Å². The molecule has 0 bridgehead atoms. The van der Waals surface area contributed by atoms with Crippen molar-refractivity contribution in [3.05, 3.63) is 59.4 Å². The van der Waals surface area contributed by atoms with Crippen LogP contribution in [-0.4, -0.2) is 4.98 Å². The molecule has 0 unspecified atom stereocenters. The Hall–Kier alpha value is -2.05. The van der Waals surface area contributed by atoms with Crippen LogP contribution in [0.3, 0.4) is 0 Å². The van der Waals surface area contributed by atoms with Crippen molar-refractivity contribution in [1.82, 2.24) is 4.98 Å². The van der Waals surface area contributed by atoms with Gasteiger partial charge in [-0.15, -0.1) is 11.6 Å². The Morgan fingerprint density at radius 2 is 2.17 bits per heavy atom. The Labute approximate surface area is 111 Å². The fraction of sp³-hybridized carbons (Fsp3) is 0.143. The molecule has 2 rings (SSSR count). The van der Waals surface area contributed by atoms with Gasteiger partial charge in [0.1, 0.15) is 12.4 Å². The fourth-order valence-corrected chi connectivity index (χ4v) is 1.63. The molecule has 0 aliphatic heterocycles. The first-order chi connectivity index (χ1) is 8.81. The summed E-state index contributed by atoms with van der Waals surface area (Å²) in [7, 11) is 0. The molecular weight excluding hydrogens is 248 g/mol. The molecule has 0 saturated carbocycles. The molecule has 0 radical (unpaired) electrons. The maximum atomic E-state index is 8.79. The van der Waals surface area contributed by atoms with Crippen molar-refractivity contribution in [2.75, 3.05) is 0 Å². The van der Waals surface area contributed by atoms with Gasteiger partial charge in [-0.2, -0.15) is 5.26 Å². The number of aromatic nitrogens is 1. The third-order valence-electron chi connectivity index (χ3n) is 2.40. The van der Waals surface area contributed by atoms with E-state index in [0.717, 1.165) is 11.3 Å². The second kappa shape index (κ2) is 6.04. The van der Waals surface area contributed by atoms with Gasteiger partial charge in [-0.05, 0) is 29.8 Å². The number of nitriles is 1. The second-order valence-corrected chi connectivity index (χ2v) is 3.99. The molecule has 1 aromatic heterocycles. The number of pyridine rings is 1. The second-order valence-electron chi connectivity index (χ2n) is 3.72. The summed E-state index contributed by atoms with van der Waals surface area (Å²) in [5.74, 6) is 1.08. The van der Waals surface area contributed by atoms with Crippen LogP contribution in [0.25, 0.3) is 0 Å². The smallest absolute Gasteiger partial charge is 0.138 e. The lowest BCUT2D eigenvalue weighted by atomic mass is 10.1. The van der Waals surface area contributed by atoms with Crippen molar-refractivity contribution in [2.45, 2.75) is 12.5 Å². The number of hydrogen-bond acceptors (Lipinski definition) is 3. The minimum atomic E-state index is 0.393. The summed E-state index contributed by atoms with van der Waals surface area (Å²) in [5.41, 5.74) is 2.40. The van der Waals surface area contributed by atoms with Crippen molar-refractivity contribution in [1.29, 1.82) is 5.26 Å². The highest BCUT2D eigenvalue weighted by molar-refractivity contribution is 6.16. The third-order valence-corrected chi connectivity index (χ3v) is 2.67. The molecule has 4 heteroatoms. The van der Waals surface area contributed by atoms with Gasteiger partial charge >= 0.3 is 0 Å². The normalized spacial score (nSPS) is 9.78. The molecule has 0 atom stereocenters. The van der Waals surface area contributed by atoms with Crippen molar-refractivity contribution in [3.63, 3.8) is 0 Å². The van der Waals surface area contributed by atoms with Crippen molar-refractivity contribution < 1.29 is 4.74 Å². The van der Waals surface area contributed by atoms with Crippen molar-refractivity contribution in [2.24, 2.45) is 0 Å². The molecule has 1 heterocycles. The van der Waals surface area contributed by atoms with Gasteiger partial charge in [0.2, 0.25) is 0 Å². The summed E-state index contributed by atoms with van der Waals surface area (Å²) in [6.45, 7) is 0.414. The van der Waals surface area contributed by atoms with Crippen LogP contribution in [0.4, 0.5) is 0 Å². The summed E-state index contributed by atoms with van der Waals surface area (Å²) in [5, 5.41) is 8.79. The molecule has 18 heavy (non-hydrogen) atoms. The predicted molar refractivity (Wildman–Crippen MR) is 69.3 cm³/mol. The highest BCUT2D eigenvalue weighted by Crippen LogP contribution is 2.13. The molecule has 1 aromatic carbocycles. The van der Waals surface area contributed by atoms with Gasteiger partial charge in [0, 0.05) is 0 Å². The molecule has 0 aliphatic rings. The fourth-order valence-electron chi connectivity index (χ4n) is 1.47. The van der Waals surface area contributed by atoms with Crippen LogP contribution >= 0.6 is 11.6 Å². The average molecular weight is 259 g/mol. The van der Waals surface area contributed by atoms with E-state index in [1.54, 1.807) is 18.3 Å². The zero-order valence-electron chi connectivity index (χ0n) is 9.64. The van der Waals surface area contributed by atoms with Gasteiger partial charge in [0.15, 0.2) is 0 Å². The standard InChI is InChI=1S/C14H11ClN2O/c15-7-13-4-5-14(9-17-13)18-10-12-3-1-2-11(6-12)8-16/h1-6,9H,7,10H2. The highest BCUT2D eigenvalue weighted by atomic mass is 35.5. The molecule has 3 nitrogen and oxygen atoms in total. The number of alkyl halides is 1. The molecule has 0 fully saturated rings. The summed E-state index contributed by atoms with van der Waals surface area (Å²) in [4.78, 5) is 4.13. The Kier molecular flexibility index (Phi) is 4.16. The number of halogens is 1. The van der Waals surface area contributed by atoms with E-state index in [0.29, 0.717) is 23.8 Å². The highest BCUT2D eigenvalue weighted by Gasteiger charge is 1.99. The molecule has 2 aromatic rings. The van der Waals surface area contributed by atoms with Gasteiger partial charge in [-0.1, -0.05) is 12.1 Å². The Bertz CT molecular complexity index is 561. The zero-order chi connectivity index (χ0) is 12.8. The number of benzene rings is 1. The molecule has 0 N–H and O–H groups in total. The lowest BCUT2D eigenvalue weighted by Crippen LogP contribution is -1.96. The van der Waals surface area contributed by atoms with E-state index in [9.17, 15) is 0 Å². The molecule has 0 aliphatic carbocycles. The van der Waals surface area contributed by atoms with Gasteiger partial charge in [0.05, 0.1) is 29.4 Å². The maximum absolute atomic E-state index is 8.79. The minimum absolute atomic E-state index is 0.393. The average Bonchev–Trinajstić information content (AvgIpc) is 2.46. The van der Waals surface area contributed by atoms with Crippen LogP contribution < -0.4 is 4.74 Å². The summed E-state index contributed by atoms with van der Waals surface area (Å²) in [6, 6.07) is 13.1. The van der Waals surface area contributed by atoms with Crippen molar-refractivity contribution in [3.8, 4) is 11.8 Å². The predicted octanol–water partition coefficient (Wildman–Crippen LogP) is 3.27.